The van der Waals surface area contributed by atoms with Crippen molar-refractivity contribution < 1.29 is 23.9 Å². The molecule has 152 valence electrons. The average molecular weight is 400 g/mol. The highest BCUT2D eigenvalue weighted by molar-refractivity contribution is 6.62. The van der Waals surface area contributed by atoms with Crippen LogP contribution in [0.5, 0.6) is 5.75 Å². The number of nitrogens with zero attached hydrogens (tertiary/aromatic N) is 2. The lowest BCUT2D eigenvalue weighted by Crippen LogP contribution is -2.41. The van der Waals surface area contributed by atoms with E-state index in [-0.39, 0.29) is 18.0 Å². The summed E-state index contributed by atoms with van der Waals surface area (Å²) in [5, 5.41) is 22.0. The second kappa shape index (κ2) is 7.45. The molecular formula is C19H21BN2O7. The van der Waals surface area contributed by atoms with Crippen LogP contribution in [0.2, 0.25) is 0 Å². The molecule has 0 aromatic heterocycles. The van der Waals surface area contributed by atoms with Crippen molar-refractivity contribution in [2.75, 3.05) is 0 Å². The van der Waals surface area contributed by atoms with E-state index in [4.69, 9.17) is 14.0 Å². The number of benzene rings is 2. The van der Waals surface area contributed by atoms with Gasteiger partial charge in [0.25, 0.3) is 5.69 Å². The van der Waals surface area contributed by atoms with Gasteiger partial charge in [-0.3, -0.25) is 20.2 Å². The molecule has 9 nitrogen and oxygen atoms in total. The van der Waals surface area contributed by atoms with Crippen LogP contribution in [0.15, 0.2) is 42.5 Å². The fourth-order valence-corrected chi connectivity index (χ4v) is 2.80. The zero-order valence-corrected chi connectivity index (χ0v) is 16.6. The van der Waals surface area contributed by atoms with E-state index in [9.17, 15) is 20.2 Å². The summed E-state index contributed by atoms with van der Waals surface area (Å²) in [5.41, 5.74) is -0.0571. The average Bonchev–Trinajstić information content (AvgIpc) is 2.87. The SMILES string of the molecule is CC1(C)OB(c2ccc(COc3ccc([N+](=O)[O-])cc3[N+](=O)[O-])cc2)OC1(C)C. The molecule has 29 heavy (non-hydrogen) atoms. The quantitative estimate of drug-likeness (QED) is 0.415. The van der Waals surface area contributed by atoms with Crippen LogP contribution in [0, 0.1) is 20.2 Å². The monoisotopic (exact) mass is 400 g/mol. The van der Waals surface area contributed by atoms with Gasteiger partial charge < -0.3 is 14.0 Å². The standard InChI is InChI=1S/C19H21BN2O7/c1-18(2)19(3,4)29-20(28-18)14-7-5-13(6-8-14)12-27-17-10-9-15(21(23)24)11-16(17)22(25)26/h5-11H,12H2,1-4H3. The Labute approximate surface area is 168 Å². The summed E-state index contributed by atoms with van der Waals surface area (Å²) in [7, 11) is -0.481. The predicted octanol–water partition coefficient (Wildman–Crippen LogP) is 3.38. The second-order valence-corrected chi connectivity index (χ2v) is 7.78. The Morgan fingerprint density at radius 1 is 0.931 bits per heavy atom. The van der Waals surface area contributed by atoms with E-state index < -0.39 is 33.9 Å². The van der Waals surface area contributed by atoms with Crippen molar-refractivity contribution >= 4 is 24.0 Å². The Bertz CT molecular complexity index is 928. The van der Waals surface area contributed by atoms with Gasteiger partial charge in [0.15, 0.2) is 5.75 Å². The molecule has 2 aromatic rings. The Hall–Kier alpha value is -2.98. The maximum atomic E-state index is 11.2. The van der Waals surface area contributed by atoms with Crippen LogP contribution in [-0.4, -0.2) is 28.2 Å². The van der Waals surface area contributed by atoms with Gasteiger partial charge in [0.05, 0.1) is 27.1 Å². The first-order valence-corrected chi connectivity index (χ1v) is 9.00. The molecule has 2 aromatic carbocycles. The van der Waals surface area contributed by atoms with E-state index in [2.05, 4.69) is 0 Å². The summed E-state index contributed by atoms with van der Waals surface area (Å²) in [6.07, 6.45) is 0. The Morgan fingerprint density at radius 3 is 2.03 bits per heavy atom. The van der Waals surface area contributed by atoms with Gasteiger partial charge in [-0.2, -0.15) is 0 Å². The van der Waals surface area contributed by atoms with Crippen molar-refractivity contribution in [1.82, 2.24) is 0 Å². The van der Waals surface area contributed by atoms with Gasteiger partial charge in [0.2, 0.25) is 0 Å². The van der Waals surface area contributed by atoms with E-state index in [1.165, 1.54) is 12.1 Å². The van der Waals surface area contributed by atoms with Gasteiger partial charge >= 0.3 is 12.8 Å². The van der Waals surface area contributed by atoms with Crippen molar-refractivity contribution in [3.05, 3.63) is 68.3 Å². The lowest BCUT2D eigenvalue weighted by Gasteiger charge is -2.32. The highest BCUT2D eigenvalue weighted by Crippen LogP contribution is 2.36. The molecule has 0 spiro atoms. The molecule has 0 amide bonds. The van der Waals surface area contributed by atoms with Crippen LogP contribution in [0.25, 0.3) is 0 Å². The van der Waals surface area contributed by atoms with Crippen molar-refractivity contribution in [2.45, 2.75) is 45.5 Å². The van der Waals surface area contributed by atoms with Gasteiger partial charge in [0.1, 0.15) is 6.61 Å². The van der Waals surface area contributed by atoms with Crippen LogP contribution >= 0.6 is 0 Å². The Morgan fingerprint density at radius 2 is 1.52 bits per heavy atom. The molecule has 1 fully saturated rings. The highest BCUT2D eigenvalue weighted by Gasteiger charge is 2.51. The number of hydrogen-bond acceptors (Lipinski definition) is 7. The minimum atomic E-state index is -0.705. The van der Waals surface area contributed by atoms with Gasteiger partial charge in [-0.25, -0.2) is 0 Å². The summed E-state index contributed by atoms with van der Waals surface area (Å²) >= 11 is 0. The molecule has 1 aliphatic rings. The molecule has 0 unspecified atom stereocenters. The molecule has 0 aliphatic carbocycles. The maximum Gasteiger partial charge on any atom is 0.494 e. The molecule has 1 aliphatic heterocycles. The smallest absolute Gasteiger partial charge is 0.482 e. The number of ether oxygens (including phenoxy) is 1. The summed E-state index contributed by atoms with van der Waals surface area (Å²) in [6.45, 7) is 7.99. The lowest BCUT2D eigenvalue weighted by atomic mass is 9.79. The molecule has 0 saturated carbocycles. The molecule has 0 bridgehead atoms. The van der Waals surface area contributed by atoms with Crippen LogP contribution in [-0.2, 0) is 15.9 Å². The van der Waals surface area contributed by atoms with E-state index in [1.807, 2.05) is 52.0 Å². The van der Waals surface area contributed by atoms with Crippen molar-refractivity contribution in [2.24, 2.45) is 0 Å². The number of rotatable bonds is 6. The number of nitro groups is 2. The zero-order chi connectivity index (χ0) is 21.4. The normalized spacial score (nSPS) is 17.2. The van der Waals surface area contributed by atoms with Crippen molar-refractivity contribution in [3.8, 4) is 5.75 Å². The first-order chi connectivity index (χ1) is 13.5. The molecular weight excluding hydrogens is 379 g/mol. The largest absolute Gasteiger partial charge is 0.494 e. The molecule has 0 radical (unpaired) electrons. The molecule has 0 atom stereocenters. The van der Waals surface area contributed by atoms with Crippen LogP contribution in [0.3, 0.4) is 0 Å². The molecule has 3 rings (SSSR count). The fourth-order valence-electron chi connectivity index (χ4n) is 2.80. The van der Waals surface area contributed by atoms with Crippen LogP contribution in [0.4, 0.5) is 11.4 Å². The molecule has 0 N–H and O–H groups in total. The summed E-state index contributed by atoms with van der Waals surface area (Å²) < 4.78 is 17.5. The van der Waals surface area contributed by atoms with Gasteiger partial charge in [0, 0.05) is 6.07 Å². The van der Waals surface area contributed by atoms with Crippen LogP contribution in [0.1, 0.15) is 33.3 Å². The first-order valence-electron chi connectivity index (χ1n) is 9.00. The van der Waals surface area contributed by atoms with E-state index in [0.717, 1.165) is 17.1 Å². The first kappa shape index (κ1) is 20.8. The third kappa shape index (κ3) is 4.23. The van der Waals surface area contributed by atoms with E-state index >= 15 is 0 Å². The summed E-state index contributed by atoms with van der Waals surface area (Å²) in [5.74, 6) is -0.0318. The van der Waals surface area contributed by atoms with Gasteiger partial charge in [-0.15, -0.1) is 0 Å². The van der Waals surface area contributed by atoms with Gasteiger partial charge in [-0.1, -0.05) is 24.3 Å². The molecule has 10 heteroatoms. The third-order valence-corrected chi connectivity index (χ3v) is 5.25. The van der Waals surface area contributed by atoms with Crippen LogP contribution < -0.4 is 10.2 Å². The number of nitro benzene ring substituents is 2. The second-order valence-electron chi connectivity index (χ2n) is 7.78. The summed E-state index contributed by atoms with van der Waals surface area (Å²) in [6, 6.07) is 10.6. The lowest BCUT2D eigenvalue weighted by molar-refractivity contribution is -0.394. The third-order valence-electron chi connectivity index (χ3n) is 5.25. The topological polar surface area (TPSA) is 114 Å². The van der Waals surface area contributed by atoms with Crippen molar-refractivity contribution in [1.29, 1.82) is 0 Å². The minimum absolute atomic E-state index is 0.0318. The highest BCUT2D eigenvalue weighted by atomic mass is 16.7. The molecule has 1 saturated heterocycles. The molecule has 1 heterocycles. The predicted molar refractivity (Wildman–Crippen MR) is 106 cm³/mol. The van der Waals surface area contributed by atoms with E-state index in [0.29, 0.717) is 0 Å². The number of hydrogen-bond donors (Lipinski definition) is 0. The Kier molecular flexibility index (Phi) is 5.33. The zero-order valence-electron chi connectivity index (χ0n) is 16.6. The van der Waals surface area contributed by atoms with Gasteiger partial charge in [-0.05, 0) is 44.8 Å². The number of non-ortho nitro benzene ring substituents is 1. The van der Waals surface area contributed by atoms with Crippen molar-refractivity contribution in [3.63, 3.8) is 0 Å². The summed E-state index contributed by atoms with van der Waals surface area (Å²) in [4.78, 5) is 20.6. The maximum absolute atomic E-state index is 11.2. The Balaban J connectivity index is 1.70. The van der Waals surface area contributed by atoms with E-state index in [1.54, 1.807) is 0 Å². The minimum Gasteiger partial charge on any atom is -0.482 e. The fraction of sp³-hybridized carbons (Fsp3) is 0.368.